The van der Waals surface area contributed by atoms with E-state index in [-0.39, 0.29) is 5.91 Å². The first-order valence-corrected chi connectivity index (χ1v) is 8.29. The topological polar surface area (TPSA) is 60.1 Å². The summed E-state index contributed by atoms with van der Waals surface area (Å²) < 4.78 is 7.99. The van der Waals surface area contributed by atoms with Gasteiger partial charge in [-0.15, -0.1) is 11.3 Å². The number of carbonyl (C=O) groups excluding carboxylic acids is 1. The predicted molar refractivity (Wildman–Crippen MR) is 91.5 cm³/mol. The van der Waals surface area contributed by atoms with Gasteiger partial charge in [0.1, 0.15) is 17.3 Å². The highest BCUT2D eigenvalue weighted by Crippen LogP contribution is 2.24. The number of nitrogens with one attached hydrogen (secondary N) is 1. The molecule has 0 unspecified atom stereocenters. The molecule has 0 aromatic carbocycles. The van der Waals surface area contributed by atoms with Crippen molar-refractivity contribution in [3.63, 3.8) is 0 Å². The lowest BCUT2D eigenvalue weighted by Crippen LogP contribution is -2.17. The number of halogens is 1. The van der Waals surface area contributed by atoms with Gasteiger partial charge in [0.25, 0.3) is 5.91 Å². The third kappa shape index (κ3) is 3.18. The Balaban J connectivity index is 1.81. The third-order valence-corrected chi connectivity index (χ3v) is 4.90. The molecule has 0 atom stereocenters. The molecule has 1 amide bonds. The maximum Gasteiger partial charge on any atom is 0.260 e. The van der Waals surface area contributed by atoms with Crippen LogP contribution in [0.15, 0.2) is 28.8 Å². The SMILES string of the molecule is Cc1oc(C)c(C(=O)Nc2ccnn2Cc2ccc(Cl)s2)c1C. The Labute approximate surface area is 142 Å². The van der Waals surface area contributed by atoms with Crippen LogP contribution in [0.4, 0.5) is 5.82 Å². The van der Waals surface area contributed by atoms with E-state index in [4.69, 9.17) is 16.0 Å². The average molecular weight is 350 g/mol. The van der Waals surface area contributed by atoms with Gasteiger partial charge in [-0.3, -0.25) is 4.79 Å². The minimum absolute atomic E-state index is 0.192. The summed E-state index contributed by atoms with van der Waals surface area (Å²) in [4.78, 5) is 13.6. The number of amides is 1. The monoisotopic (exact) mass is 349 g/mol. The second-order valence-corrected chi connectivity index (χ2v) is 7.05. The number of nitrogens with zero attached hydrogens (tertiary/aromatic N) is 2. The number of rotatable bonds is 4. The molecule has 0 saturated heterocycles. The summed E-state index contributed by atoms with van der Waals surface area (Å²) in [5.74, 6) is 1.82. The fourth-order valence-corrected chi connectivity index (χ4v) is 3.53. The third-order valence-electron chi connectivity index (χ3n) is 3.68. The Kier molecular flexibility index (Phi) is 4.28. The quantitative estimate of drug-likeness (QED) is 0.758. The molecule has 0 bridgehead atoms. The van der Waals surface area contributed by atoms with Gasteiger partial charge in [0.15, 0.2) is 0 Å². The molecule has 0 spiro atoms. The highest BCUT2D eigenvalue weighted by atomic mass is 35.5. The van der Waals surface area contributed by atoms with Crippen molar-refractivity contribution in [2.75, 3.05) is 5.32 Å². The van der Waals surface area contributed by atoms with E-state index in [1.54, 1.807) is 23.9 Å². The number of hydrogen-bond acceptors (Lipinski definition) is 4. The van der Waals surface area contributed by atoms with Crippen molar-refractivity contribution in [1.29, 1.82) is 0 Å². The molecule has 0 saturated carbocycles. The zero-order chi connectivity index (χ0) is 16.6. The summed E-state index contributed by atoms with van der Waals surface area (Å²) in [6, 6.07) is 5.57. The highest BCUT2D eigenvalue weighted by Gasteiger charge is 2.19. The highest BCUT2D eigenvalue weighted by molar-refractivity contribution is 7.16. The summed E-state index contributed by atoms with van der Waals surface area (Å²) in [7, 11) is 0. The number of thiophene rings is 1. The van der Waals surface area contributed by atoms with Gasteiger partial charge in [-0.2, -0.15) is 5.10 Å². The van der Waals surface area contributed by atoms with Gasteiger partial charge in [-0.25, -0.2) is 4.68 Å². The molecular weight excluding hydrogens is 334 g/mol. The summed E-state index contributed by atoms with van der Waals surface area (Å²) in [6.45, 7) is 6.08. The van der Waals surface area contributed by atoms with Crippen LogP contribution < -0.4 is 5.32 Å². The molecule has 3 aromatic heterocycles. The summed E-state index contributed by atoms with van der Waals surface area (Å²) in [5.41, 5.74) is 1.44. The molecule has 120 valence electrons. The molecule has 0 radical (unpaired) electrons. The fourth-order valence-electron chi connectivity index (χ4n) is 2.46. The molecule has 0 aliphatic carbocycles. The van der Waals surface area contributed by atoms with Crippen LogP contribution in [-0.2, 0) is 6.54 Å². The van der Waals surface area contributed by atoms with Crippen LogP contribution >= 0.6 is 22.9 Å². The zero-order valence-electron chi connectivity index (χ0n) is 13.0. The number of anilines is 1. The minimum atomic E-state index is -0.192. The van der Waals surface area contributed by atoms with Crippen molar-refractivity contribution in [3.8, 4) is 0 Å². The smallest absolute Gasteiger partial charge is 0.260 e. The van der Waals surface area contributed by atoms with Crippen LogP contribution in [-0.4, -0.2) is 15.7 Å². The maximum absolute atomic E-state index is 12.5. The molecule has 0 fully saturated rings. The van der Waals surface area contributed by atoms with Gasteiger partial charge in [0, 0.05) is 16.5 Å². The van der Waals surface area contributed by atoms with Crippen LogP contribution in [0.5, 0.6) is 0 Å². The van der Waals surface area contributed by atoms with Crippen LogP contribution in [0.1, 0.15) is 32.3 Å². The average Bonchev–Trinajstić information content (AvgIpc) is 3.14. The standard InChI is InChI=1S/C16H16ClN3O2S/c1-9-10(2)22-11(3)15(9)16(21)19-14-6-7-18-20(14)8-12-4-5-13(17)23-12/h4-7H,8H2,1-3H3,(H,19,21). The Hall–Kier alpha value is -2.05. The predicted octanol–water partition coefficient (Wildman–Crippen LogP) is 4.42. The van der Waals surface area contributed by atoms with Crippen molar-refractivity contribution >= 4 is 34.7 Å². The van der Waals surface area contributed by atoms with Gasteiger partial charge in [-0.1, -0.05) is 11.6 Å². The second kappa shape index (κ2) is 6.22. The van der Waals surface area contributed by atoms with Gasteiger partial charge in [-0.05, 0) is 32.9 Å². The van der Waals surface area contributed by atoms with Crippen LogP contribution in [0.2, 0.25) is 4.34 Å². The van der Waals surface area contributed by atoms with E-state index >= 15 is 0 Å². The molecule has 5 nitrogen and oxygen atoms in total. The van der Waals surface area contributed by atoms with Gasteiger partial charge in [0.05, 0.1) is 22.6 Å². The lowest BCUT2D eigenvalue weighted by molar-refractivity contribution is 0.102. The lowest BCUT2D eigenvalue weighted by Gasteiger charge is -2.08. The maximum atomic E-state index is 12.5. The van der Waals surface area contributed by atoms with Crippen LogP contribution in [0.25, 0.3) is 0 Å². The Morgan fingerprint density at radius 1 is 1.30 bits per heavy atom. The first-order valence-electron chi connectivity index (χ1n) is 7.09. The van der Waals surface area contributed by atoms with E-state index in [0.717, 1.165) is 20.5 Å². The Bertz CT molecular complexity index is 863. The van der Waals surface area contributed by atoms with E-state index in [2.05, 4.69) is 10.4 Å². The van der Waals surface area contributed by atoms with Crippen molar-refractivity contribution in [2.45, 2.75) is 27.3 Å². The van der Waals surface area contributed by atoms with Gasteiger partial charge < -0.3 is 9.73 Å². The number of carbonyl (C=O) groups is 1. The molecule has 0 aliphatic heterocycles. The van der Waals surface area contributed by atoms with Gasteiger partial charge >= 0.3 is 0 Å². The number of aromatic nitrogens is 2. The van der Waals surface area contributed by atoms with E-state index in [1.807, 2.05) is 26.0 Å². The van der Waals surface area contributed by atoms with Crippen molar-refractivity contribution in [3.05, 3.63) is 56.3 Å². The molecule has 3 heterocycles. The molecule has 7 heteroatoms. The second-order valence-electron chi connectivity index (χ2n) is 5.25. The van der Waals surface area contributed by atoms with E-state index in [1.165, 1.54) is 11.3 Å². The van der Waals surface area contributed by atoms with E-state index in [9.17, 15) is 4.79 Å². The van der Waals surface area contributed by atoms with Crippen molar-refractivity contribution in [1.82, 2.24) is 9.78 Å². The summed E-state index contributed by atoms with van der Waals surface area (Å²) in [6.07, 6.45) is 1.66. The first kappa shape index (κ1) is 15.8. The lowest BCUT2D eigenvalue weighted by atomic mass is 10.1. The van der Waals surface area contributed by atoms with Crippen LogP contribution in [0, 0.1) is 20.8 Å². The normalized spacial score (nSPS) is 11.0. The molecule has 1 N–H and O–H groups in total. The molecule has 0 aliphatic rings. The Morgan fingerprint density at radius 2 is 2.09 bits per heavy atom. The van der Waals surface area contributed by atoms with E-state index < -0.39 is 0 Å². The number of hydrogen-bond donors (Lipinski definition) is 1. The van der Waals surface area contributed by atoms with Crippen LogP contribution in [0.3, 0.4) is 0 Å². The molecule has 3 rings (SSSR count). The Morgan fingerprint density at radius 3 is 2.70 bits per heavy atom. The van der Waals surface area contributed by atoms with Gasteiger partial charge in [0.2, 0.25) is 0 Å². The fraction of sp³-hybridized carbons (Fsp3) is 0.250. The van der Waals surface area contributed by atoms with E-state index in [0.29, 0.717) is 23.7 Å². The first-order chi connectivity index (χ1) is 11.0. The molecule has 3 aromatic rings. The summed E-state index contributed by atoms with van der Waals surface area (Å²) in [5, 5.41) is 7.16. The molecule has 23 heavy (non-hydrogen) atoms. The summed E-state index contributed by atoms with van der Waals surface area (Å²) >= 11 is 7.45. The minimum Gasteiger partial charge on any atom is -0.466 e. The zero-order valence-corrected chi connectivity index (χ0v) is 14.6. The number of furan rings is 1. The van der Waals surface area contributed by atoms with Crippen molar-refractivity contribution in [2.24, 2.45) is 0 Å². The largest absolute Gasteiger partial charge is 0.466 e. The number of aryl methyl sites for hydroxylation is 2. The molecular formula is C16H16ClN3O2S. The van der Waals surface area contributed by atoms with Crippen molar-refractivity contribution < 1.29 is 9.21 Å².